The number of likely N-dealkylation sites (N-methyl/N-ethyl adjacent to an activating group) is 1. The van der Waals surface area contributed by atoms with E-state index < -0.39 is 0 Å². The van der Waals surface area contributed by atoms with Crippen LogP contribution in [0.5, 0.6) is 0 Å². The van der Waals surface area contributed by atoms with E-state index in [9.17, 15) is 4.79 Å². The Morgan fingerprint density at radius 2 is 2.36 bits per heavy atom. The molecular weight excluding hydrogens is 180 g/mol. The van der Waals surface area contributed by atoms with Gasteiger partial charge in [0, 0.05) is 12.6 Å². The lowest BCUT2D eigenvalue weighted by Gasteiger charge is -2.31. The fraction of sp³-hybridized carbons (Fsp3) is 0.900. The fourth-order valence-corrected chi connectivity index (χ4v) is 1.80. The summed E-state index contributed by atoms with van der Waals surface area (Å²) in [6, 6.07) is 0.266. The van der Waals surface area contributed by atoms with Crippen LogP contribution in [0.1, 0.15) is 26.7 Å². The van der Waals surface area contributed by atoms with Crippen LogP contribution in [0.4, 0.5) is 4.79 Å². The van der Waals surface area contributed by atoms with Crippen LogP contribution >= 0.6 is 0 Å². The maximum atomic E-state index is 11.2. The van der Waals surface area contributed by atoms with Gasteiger partial charge in [-0.15, -0.1) is 0 Å². The van der Waals surface area contributed by atoms with E-state index in [4.69, 9.17) is 4.74 Å². The molecule has 1 heterocycles. The molecule has 0 aromatic rings. The van der Waals surface area contributed by atoms with Crippen molar-refractivity contribution >= 4 is 6.09 Å². The number of amides is 1. The van der Waals surface area contributed by atoms with E-state index in [-0.39, 0.29) is 12.1 Å². The van der Waals surface area contributed by atoms with Crippen molar-refractivity contribution < 1.29 is 9.53 Å². The second-order valence-electron chi connectivity index (χ2n) is 3.60. The number of piperidine rings is 1. The Kier molecular flexibility index (Phi) is 4.73. The molecule has 82 valence electrons. The Hall–Kier alpha value is -0.770. The molecule has 0 aromatic carbocycles. The van der Waals surface area contributed by atoms with E-state index in [1.165, 1.54) is 0 Å². The molecule has 1 rings (SSSR count). The number of alkyl carbamates (subject to hydrolysis) is 1. The number of hydrogen-bond donors (Lipinski definition) is 1. The highest BCUT2D eigenvalue weighted by molar-refractivity contribution is 5.67. The molecule has 14 heavy (non-hydrogen) atoms. The molecular formula is C10H20N2O2. The largest absolute Gasteiger partial charge is 0.450 e. The molecule has 1 N–H and O–H groups in total. The molecule has 0 radical (unpaired) electrons. The summed E-state index contributed by atoms with van der Waals surface area (Å²) in [5.41, 5.74) is 0. The highest BCUT2D eigenvalue weighted by Gasteiger charge is 2.20. The molecule has 4 nitrogen and oxygen atoms in total. The number of likely N-dealkylation sites (tertiary alicyclic amines) is 1. The first kappa shape index (κ1) is 11.3. The zero-order valence-corrected chi connectivity index (χ0v) is 9.08. The lowest BCUT2D eigenvalue weighted by atomic mass is 10.1. The van der Waals surface area contributed by atoms with Crippen molar-refractivity contribution in [1.82, 2.24) is 10.2 Å². The Morgan fingerprint density at radius 1 is 1.57 bits per heavy atom. The highest BCUT2D eigenvalue weighted by atomic mass is 16.5. The normalized spacial score (nSPS) is 23.1. The monoisotopic (exact) mass is 200 g/mol. The average molecular weight is 200 g/mol. The molecule has 1 saturated heterocycles. The number of nitrogens with one attached hydrogen (secondary N) is 1. The molecule has 1 unspecified atom stereocenters. The van der Waals surface area contributed by atoms with E-state index in [1.807, 2.05) is 6.92 Å². The van der Waals surface area contributed by atoms with Crippen LogP contribution in [0.2, 0.25) is 0 Å². The summed E-state index contributed by atoms with van der Waals surface area (Å²) in [5.74, 6) is 0. The highest BCUT2D eigenvalue weighted by Crippen LogP contribution is 2.09. The molecule has 0 aliphatic carbocycles. The van der Waals surface area contributed by atoms with Gasteiger partial charge in [0.15, 0.2) is 0 Å². The summed E-state index contributed by atoms with van der Waals surface area (Å²) < 4.78 is 4.84. The Bertz CT molecular complexity index is 185. The summed E-state index contributed by atoms with van der Waals surface area (Å²) >= 11 is 0. The zero-order chi connectivity index (χ0) is 10.4. The summed E-state index contributed by atoms with van der Waals surface area (Å²) in [7, 11) is 0. The average Bonchev–Trinajstić information content (AvgIpc) is 2.18. The smallest absolute Gasteiger partial charge is 0.407 e. The second kappa shape index (κ2) is 5.86. The molecule has 1 fully saturated rings. The van der Waals surface area contributed by atoms with Crippen LogP contribution in [0.3, 0.4) is 0 Å². The third-order valence-electron chi connectivity index (χ3n) is 2.55. The predicted octanol–water partition coefficient (Wildman–Crippen LogP) is 1.22. The van der Waals surface area contributed by atoms with E-state index in [0.29, 0.717) is 6.61 Å². The van der Waals surface area contributed by atoms with Gasteiger partial charge in [-0.3, -0.25) is 0 Å². The number of rotatable bonds is 3. The second-order valence-corrected chi connectivity index (χ2v) is 3.60. The van der Waals surface area contributed by atoms with Crippen LogP contribution in [0.15, 0.2) is 0 Å². The van der Waals surface area contributed by atoms with Gasteiger partial charge in [-0.05, 0) is 32.9 Å². The number of carbonyl (C=O) groups excluding carboxylic acids is 1. The zero-order valence-electron chi connectivity index (χ0n) is 9.08. The van der Waals surface area contributed by atoms with Crippen molar-refractivity contribution in [3.05, 3.63) is 0 Å². The molecule has 4 heteroatoms. The van der Waals surface area contributed by atoms with Crippen molar-refractivity contribution in [3.63, 3.8) is 0 Å². The SMILES string of the molecule is CCOC(=O)NC1CCCN(CC)C1. The number of ether oxygens (including phenoxy) is 1. The summed E-state index contributed by atoms with van der Waals surface area (Å²) in [5, 5.41) is 2.88. The van der Waals surface area contributed by atoms with Gasteiger partial charge in [-0.25, -0.2) is 4.79 Å². The quantitative estimate of drug-likeness (QED) is 0.744. The number of carbonyl (C=O) groups is 1. The minimum Gasteiger partial charge on any atom is -0.450 e. The van der Waals surface area contributed by atoms with Crippen LogP contribution < -0.4 is 5.32 Å². The molecule has 0 spiro atoms. The minimum absolute atomic E-state index is 0.266. The first-order chi connectivity index (χ1) is 6.76. The summed E-state index contributed by atoms with van der Waals surface area (Å²) in [6.07, 6.45) is 1.94. The third kappa shape index (κ3) is 3.54. The Balaban J connectivity index is 2.26. The maximum Gasteiger partial charge on any atom is 0.407 e. The third-order valence-corrected chi connectivity index (χ3v) is 2.55. The van der Waals surface area contributed by atoms with Gasteiger partial charge < -0.3 is 15.0 Å². The van der Waals surface area contributed by atoms with Gasteiger partial charge in [-0.1, -0.05) is 6.92 Å². The van der Waals surface area contributed by atoms with Crippen molar-refractivity contribution in [2.24, 2.45) is 0 Å². The van der Waals surface area contributed by atoms with Crippen LogP contribution in [0, 0.1) is 0 Å². The molecule has 0 bridgehead atoms. The summed E-state index contributed by atoms with van der Waals surface area (Å²) in [4.78, 5) is 13.5. The van der Waals surface area contributed by atoms with Crippen molar-refractivity contribution in [1.29, 1.82) is 0 Å². The first-order valence-corrected chi connectivity index (χ1v) is 5.41. The van der Waals surface area contributed by atoms with Gasteiger partial charge in [0.1, 0.15) is 0 Å². The fourth-order valence-electron chi connectivity index (χ4n) is 1.80. The van der Waals surface area contributed by atoms with Crippen molar-refractivity contribution in [2.45, 2.75) is 32.7 Å². The van der Waals surface area contributed by atoms with E-state index >= 15 is 0 Å². The standard InChI is InChI=1S/C10H20N2O2/c1-3-12-7-5-6-9(8-12)11-10(13)14-4-2/h9H,3-8H2,1-2H3,(H,11,13). The first-order valence-electron chi connectivity index (χ1n) is 5.41. The molecule has 1 aliphatic heterocycles. The van der Waals surface area contributed by atoms with Gasteiger partial charge >= 0.3 is 6.09 Å². The van der Waals surface area contributed by atoms with E-state index in [0.717, 1.165) is 32.5 Å². The topological polar surface area (TPSA) is 41.6 Å². The van der Waals surface area contributed by atoms with Crippen LogP contribution in [-0.4, -0.2) is 43.3 Å². The molecule has 1 atom stereocenters. The number of nitrogens with zero attached hydrogens (tertiary/aromatic N) is 1. The van der Waals surface area contributed by atoms with Gasteiger partial charge in [-0.2, -0.15) is 0 Å². The van der Waals surface area contributed by atoms with E-state index in [1.54, 1.807) is 0 Å². The molecule has 0 saturated carbocycles. The maximum absolute atomic E-state index is 11.2. The van der Waals surface area contributed by atoms with Crippen molar-refractivity contribution in [3.8, 4) is 0 Å². The van der Waals surface area contributed by atoms with E-state index in [2.05, 4.69) is 17.1 Å². The molecule has 0 aromatic heterocycles. The van der Waals surface area contributed by atoms with Crippen LogP contribution in [-0.2, 0) is 4.74 Å². The predicted molar refractivity (Wildman–Crippen MR) is 55.3 cm³/mol. The van der Waals surface area contributed by atoms with Gasteiger partial charge in [0.2, 0.25) is 0 Å². The Labute approximate surface area is 85.6 Å². The van der Waals surface area contributed by atoms with Gasteiger partial charge in [0.25, 0.3) is 0 Å². The molecule has 1 amide bonds. The minimum atomic E-state index is -0.282. The van der Waals surface area contributed by atoms with Crippen LogP contribution in [0.25, 0.3) is 0 Å². The van der Waals surface area contributed by atoms with Gasteiger partial charge in [0.05, 0.1) is 6.61 Å². The summed E-state index contributed by atoms with van der Waals surface area (Å²) in [6.45, 7) is 7.56. The lowest BCUT2D eigenvalue weighted by Crippen LogP contribution is -2.47. The Morgan fingerprint density at radius 3 is 3.00 bits per heavy atom. The molecule has 1 aliphatic rings. The van der Waals surface area contributed by atoms with Crippen molar-refractivity contribution in [2.75, 3.05) is 26.2 Å². The number of hydrogen-bond acceptors (Lipinski definition) is 3. The lowest BCUT2D eigenvalue weighted by molar-refractivity contribution is 0.135.